The lowest BCUT2D eigenvalue weighted by molar-refractivity contribution is -0.142. The highest BCUT2D eigenvalue weighted by molar-refractivity contribution is 5.91. The van der Waals surface area contributed by atoms with E-state index in [1.165, 1.54) is 0 Å². The molecule has 11 heteroatoms. The number of urea groups is 1. The lowest BCUT2D eigenvalue weighted by Gasteiger charge is -2.43. The summed E-state index contributed by atoms with van der Waals surface area (Å²) >= 11 is 0. The van der Waals surface area contributed by atoms with Gasteiger partial charge in [-0.05, 0) is 94.0 Å². The zero-order chi connectivity index (χ0) is 34.0. The molecule has 0 aromatic heterocycles. The number of nitrogens with two attached hydrogens (primary N) is 1. The molecule has 4 aliphatic rings. The van der Waals surface area contributed by atoms with E-state index in [1.807, 2.05) is 67.0 Å². The molecule has 11 nitrogen and oxygen atoms in total. The number of nitrogen functional groups attached to an aromatic ring is 1. The maximum atomic E-state index is 14.1. The normalized spacial score (nSPS) is 21.7. The molecule has 0 saturated carbocycles. The first-order chi connectivity index (χ1) is 23.0. The van der Waals surface area contributed by atoms with Crippen molar-refractivity contribution >= 4 is 29.4 Å². The van der Waals surface area contributed by atoms with E-state index >= 15 is 0 Å². The van der Waals surface area contributed by atoms with Crippen LogP contribution in [0.5, 0.6) is 0 Å². The van der Waals surface area contributed by atoms with E-state index in [9.17, 15) is 19.5 Å². The number of aryl methyl sites for hydroxylation is 2. The Balaban J connectivity index is 1.08. The van der Waals surface area contributed by atoms with Gasteiger partial charge in [-0.2, -0.15) is 0 Å². The van der Waals surface area contributed by atoms with E-state index < -0.39 is 17.8 Å². The Morgan fingerprint density at radius 1 is 0.938 bits per heavy atom. The molecule has 4 amide bonds. The van der Waals surface area contributed by atoms with Gasteiger partial charge in [0, 0.05) is 75.7 Å². The van der Waals surface area contributed by atoms with Crippen molar-refractivity contribution in [1.82, 2.24) is 19.6 Å². The molecule has 4 aliphatic heterocycles. The first-order valence-corrected chi connectivity index (χ1v) is 17.7. The summed E-state index contributed by atoms with van der Waals surface area (Å²) in [5.41, 5.74) is 11.1. The molecule has 0 radical (unpaired) electrons. The molecule has 3 saturated heterocycles. The van der Waals surface area contributed by atoms with Gasteiger partial charge in [0.25, 0.3) is 5.91 Å². The summed E-state index contributed by atoms with van der Waals surface area (Å²) in [5.74, 6) is -0.161. The van der Waals surface area contributed by atoms with E-state index in [1.54, 1.807) is 4.90 Å². The van der Waals surface area contributed by atoms with Crippen molar-refractivity contribution in [3.05, 3.63) is 58.7 Å². The molecule has 48 heavy (non-hydrogen) atoms. The predicted molar refractivity (Wildman–Crippen MR) is 186 cm³/mol. The highest BCUT2D eigenvalue weighted by atomic mass is 16.6. The van der Waals surface area contributed by atoms with E-state index in [0.29, 0.717) is 51.6 Å². The van der Waals surface area contributed by atoms with Crippen molar-refractivity contribution in [3.8, 4) is 0 Å². The molecule has 4 heterocycles. The average Bonchev–Trinajstić information content (AvgIpc) is 3.24. The number of carbonyl (C=O) groups excluding carboxylic acids is 3. The van der Waals surface area contributed by atoms with Crippen molar-refractivity contribution < 1.29 is 24.2 Å². The molecule has 260 valence electrons. The minimum atomic E-state index is -0.950. The predicted octanol–water partition coefficient (Wildman–Crippen LogP) is 4.33. The summed E-state index contributed by atoms with van der Waals surface area (Å²) < 4.78 is 6.08. The number of hydrogen-bond donors (Lipinski definition) is 3. The number of fused-ring (bicyclic) bond motifs is 1. The van der Waals surface area contributed by atoms with Crippen molar-refractivity contribution in [3.63, 3.8) is 0 Å². The van der Waals surface area contributed by atoms with Gasteiger partial charge in [-0.1, -0.05) is 30.3 Å². The van der Waals surface area contributed by atoms with Crippen LogP contribution in [0.4, 0.5) is 21.0 Å². The number of nitrogens with one attached hydrogen (secondary N) is 1. The Morgan fingerprint density at radius 3 is 2.21 bits per heavy atom. The fourth-order valence-corrected chi connectivity index (χ4v) is 7.90. The number of amides is 4. The molecule has 1 atom stereocenters. The van der Waals surface area contributed by atoms with Crippen LogP contribution in [0.3, 0.4) is 0 Å². The Labute approximate surface area is 284 Å². The number of nitrogens with zero attached hydrogens (tertiary/aromatic N) is 4. The number of aliphatic hydroxyl groups is 1. The quantitative estimate of drug-likeness (QED) is 0.393. The highest BCUT2D eigenvalue weighted by Crippen LogP contribution is 2.28. The van der Waals surface area contributed by atoms with Gasteiger partial charge < -0.3 is 40.5 Å². The number of ether oxygens (including phenoxy) is 1. The minimum Gasteiger partial charge on any atom is -0.436 e. The van der Waals surface area contributed by atoms with Gasteiger partial charge in [0.1, 0.15) is 0 Å². The van der Waals surface area contributed by atoms with Gasteiger partial charge >= 0.3 is 12.1 Å². The molecule has 6 rings (SSSR count). The number of para-hydroxylation sites is 1. The molecule has 2 aromatic rings. The number of rotatable bonds is 6. The molecule has 3 fully saturated rings. The Bertz CT molecular complexity index is 1460. The second-order valence-corrected chi connectivity index (χ2v) is 14.6. The maximum absolute atomic E-state index is 14.1. The molecular weight excluding hydrogens is 608 g/mol. The highest BCUT2D eigenvalue weighted by Gasteiger charge is 2.37. The van der Waals surface area contributed by atoms with Gasteiger partial charge in [-0.25, -0.2) is 9.59 Å². The summed E-state index contributed by atoms with van der Waals surface area (Å²) in [6.45, 7) is 10.3. The van der Waals surface area contributed by atoms with E-state index in [0.717, 1.165) is 78.8 Å². The number of likely N-dealkylation sites (tertiary alicyclic amines) is 3. The second kappa shape index (κ2) is 14.3. The zero-order valence-corrected chi connectivity index (χ0v) is 28.7. The van der Waals surface area contributed by atoms with Crippen LogP contribution in [0.2, 0.25) is 0 Å². The van der Waals surface area contributed by atoms with Crippen LogP contribution in [-0.4, -0.2) is 112 Å². The van der Waals surface area contributed by atoms with Gasteiger partial charge in [0.15, 0.2) is 6.10 Å². The Kier molecular flexibility index (Phi) is 10.2. The molecule has 0 bridgehead atoms. The topological polar surface area (TPSA) is 132 Å². The van der Waals surface area contributed by atoms with Crippen LogP contribution in [0.25, 0.3) is 0 Å². The lowest BCUT2D eigenvalue weighted by atomic mass is 9.91. The summed E-state index contributed by atoms with van der Waals surface area (Å²) in [5, 5.41) is 13.4. The van der Waals surface area contributed by atoms with Crippen molar-refractivity contribution in [2.75, 3.05) is 56.9 Å². The van der Waals surface area contributed by atoms with Crippen LogP contribution in [0, 0.1) is 13.8 Å². The number of piperidine rings is 3. The van der Waals surface area contributed by atoms with Crippen LogP contribution >= 0.6 is 0 Å². The van der Waals surface area contributed by atoms with E-state index in [2.05, 4.69) is 10.2 Å². The third-order valence-electron chi connectivity index (χ3n) is 11.1. The fourth-order valence-electron chi connectivity index (χ4n) is 7.90. The van der Waals surface area contributed by atoms with Gasteiger partial charge in [-0.3, -0.25) is 4.79 Å². The second-order valence-electron chi connectivity index (χ2n) is 14.6. The molecule has 4 N–H and O–H groups in total. The van der Waals surface area contributed by atoms with Crippen LogP contribution in [-0.2, 0) is 22.4 Å². The van der Waals surface area contributed by atoms with Crippen molar-refractivity contribution in [1.29, 1.82) is 0 Å². The largest absolute Gasteiger partial charge is 0.436 e. The summed E-state index contributed by atoms with van der Waals surface area (Å²) in [7, 11) is 0. The Hall–Kier alpha value is -3.83. The third-order valence-corrected chi connectivity index (χ3v) is 11.1. The number of hydrogen-bond acceptors (Lipinski definition) is 7. The monoisotopic (exact) mass is 660 g/mol. The van der Waals surface area contributed by atoms with Crippen molar-refractivity contribution in [2.24, 2.45) is 0 Å². The summed E-state index contributed by atoms with van der Waals surface area (Å²) in [6, 6.07) is 12.2. The minimum absolute atomic E-state index is 0.0221. The number of carbonyl (C=O) groups is 3. The molecule has 0 spiro atoms. The van der Waals surface area contributed by atoms with Crippen molar-refractivity contribution in [2.45, 2.75) is 95.9 Å². The fraction of sp³-hybridized carbons (Fsp3) is 0.595. The SMILES string of the molecule is Cc1cc(C[C@@H](OC(=O)N2CCC(N3CCc4ccccc4NC3=O)CC2)C(=O)N2CCC(N3CCC(C)(O)CC3)CC2)cc(C)c1N. The molecular formula is C37H52N6O5. The van der Waals surface area contributed by atoms with Gasteiger partial charge in [0.2, 0.25) is 0 Å². The average molecular weight is 661 g/mol. The van der Waals surface area contributed by atoms with Crippen LogP contribution < -0.4 is 11.1 Å². The first kappa shape index (κ1) is 34.0. The third kappa shape index (κ3) is 7.73. The van der Waals surface area contributed by atoms with Crippen LogP contribution in [0.15, 0.2) is 36.4 Å². The number of anilines is 2. The van der Waals surface area contributed by atoms with Gasteiger partial charge in [0.05, 0.1) is 5.60 Å². The maximum Gasteiger partial charge on any atom is 0.410 e. The van der Waals surface area contributed by atoms with Crippen LogP contribution in [0.1, 0.15) is 67.7 Å². The standard InChI is InChI=1S/C37H52N6O5/c1-25-22-27(23-26(2)33(25)38)24-32(34(44)41-15-9-29(10-16-41)40-20-13-37(3,47)14-21-40)48-36(46)42-17-11-30(12-18-42)43-19-8-28-6-4-5-7-31(28)39-35(43)45/h4-7,22-23,29-30,32,47H,8-21,24,38H2,1-3H3,(H,39,45)/t32-/m1/s1. The van der Waals surface area contributed by atoms with Gasteiger partial charge in [-0.15, -0.1) is 0 Å². The zero-order valence-electron chi connectivity index (χ0n) is 28.7. The van der Waals surface area contributed by atoms with E-state index in [-0.39, 0.29) is 24.4 Å². The lowest BCUT2D eigenvalue weighted by Crippen LogP contribution is -2.54. The number of benzene rings is 2. The smallest absolute Gasteiger partial charge is 0.410 e. The summed E-state index contributed by atoms with van der Waals surface area (Å²) in [4.78, 5) is 48.7. The van der Waals surface area contributed by atoms with E-state index in [4.69, 9.17) is 10.5 Å². The molecule has 0 unspecified atom stereocenters. The molecule has 0 aliphatic carbocycles. The summed E-state index contributed by atoms with van der Waals surface area (Å²) in [6.07, 6.45) is 4.16. The molecule has 2 aromatic carbocycles. The Morgan fingerprint density at radius 2 is 1.54 bits per heavy atom. The first-order valence-electron chi connectivity index (χ1n) is 17.7.